The van der Waals surface area contributed by atoms with Crippen LogP contribution in [0.25, 0.3) is 10.8 Å². The number of hydrogen-bond acceptors (Lipinski definition) is 1. The van der Waals surface area contributed by atoms with Gasteiger partial charge in [0.25, 0.3) is 0 Å². The smallest absolute Gasteiger partial charge is 0.0436 e. The molecule has 1 nitrogen and oxygen atoms in total. The largest absolute Gasteiger partial charge is 0.396 e. The minimum atomic E-state index is 0.266. The van der Waals surface area contributed by atoms with Gasteiger partial charge in [0, 0.05) is 6.61 Å². The second-order valence-corrected chi connectivity index (χ2v) is 4.19. The van der Waals surface area contributed by atoms with E-state index in [1.165, 1.54) is 16.3 Å². The first-order valence-corrected chi connectivity index (χ1v) is 5.95. The molecule has 0 aliphatic carbocycles. The van der Waals surface area contributed by atoms with E-state index < -0.39 is 0 Å². The highest BCUT2D eigenvalue weighted by Crippen LogP contribution is 2.29. The van der Waals surface area contributed by atoms with E-state index in [0.717, 1.165) is 12.8 Å². The number of aliphatic hydroxyl groups is 1. The van der Waals surface area contributed by atoms with Crippen molar-refractivity contribution < 1.29 is 5.11 Å². The number of rotatable bonds is 4. The zero-order valence-corrected chi connectivity index (χ0v) is 9.69. The molecule has 0 amide bonds. The number of hydrogen-bond donors (Lipinski definition) is 1. The minimum absolute atomic E-state index is 0.266. The quantitative estimate of drug-likeness (QED) is 0.822. The Hall–Kier alpha value is -1.34. The van der Waals surface area contributed by atoms with Crippen LogP contribution in [0.3, 0.4) is 0 Å². The Balaban J connectivity index is 2.50. The van der Waals surface area contributed by atoms with Crippen molar-refractivity contribution in [1.29, 1.82) is 0 Å². The fraction of sp³-hybridized carbons (Fsp3) is 0.333. The fourth-order valence-corrected chi connectivity index (χ4v) is 2.34. The van der Waals surface area contributed by atoms with Gasteiger partial charge < -0.3 is 5.11 Å². The molecule has 16 heavy (non-hydrogen) atoms. The van der Waals surface area contributed by atoms with E-state index in [-0.39, 0.29) is 6.61 Å². The number of benzene rings is 2. The van der Waals surface area contributed by atoms with E-state index in [2.05, 4.69) is 49.4 Å². The van der Waals surface area contributed by atoms with Crippen LogP contribution in [0.15, 0.2) is 42.5 Å². The third kappa shape index (κ3) is 2.10. The summed E-state index contributed by atoms with van der Waals surface area (Å²) in [6, 6.07) is 14.9. The third-order valence-corrected chi connectivity index (χ3v) is 3.23. The Morgan fingerprint density at radius 3 is 2.56 bits per heavy atom. The van der Waals surface area contributed by atoms with E-state index in [9.17, 15) is 0 Å². The van der Waals surface area contributed by atoms with Crippen LogP contribution < -0.4 is 0 Å². The summed E-state index contributed by atoms with van der Waals surface area (Å²) in [5.74, 6) is 0.469. The lowest BCUT2D eigenvalue weighted by Gasteiger charge is -2.16. The Bertz CT molecular complexity index is 456. The maximum absolute atomic E-state index is 9.10. The molecule has 2 aromatic carbocycles. The Kier molecular flexibility index (Phi) is 3.58. The predicted molar refractivity (Wildman–Crippen MR) is 68.7 cm³/mol. The van der Waals surface area contributed by atoms with Crippen molar-refractivity contribution in [3.05, 3.63) is 48.0 Å². The summed E-state index contributed by atoms with van der Waals surface area (Å²) in [6.07, 6.45) is 1.93. The molecule has 0 heterocycles. The lowest BCUT2D eigenvalue weighted by atomic mass is 9.89. The molecule has 0 saturated carbocycles. The van der Waals surface area contributed by atoms with Crippen LogP contribution in [0.2, 0.25) is 0 Å². The molecule has 2 rings (SSSR count). The highest BCUT2D eigenvalue weighted by molar-refractivity contribution is 5.86. The molecule has 84 valence electrons. The predicted octanol–water partition coefficient (Wildman–Crippen LogP) is 3.72. The number of aliphatic hydroxyl groups excluding tert-OH is 1. The van der Waals surface area contributed by atoms with Gasteiger partial charge in [-0.25, -0.2) is 0 Å². The van der Waals surface area contributed by atoms with E-state index in [1.807, 2.05) is 0 Å². The number of fused-ring (bicyclic) bond motifs is 1. The van der Waals surface area contributed by atoms with Crippen LogP contribution in [0.5, 0.6) is 0 Å². The van der Waals surface area contributed by atoms with Crippen LogP contribution in [0, 0.1) is 0 Å². The molecular formula is C15H18O. The molecule has 1 N–H and O–H groups in total. The Labute approximate surface area is 96.7 Å². The molecule has 1 atom stereocenters. The van der Waals surface area contributed by atoms with Gasteiger partial charge in [-0.1, -0.05) is 49.4 Å². The van der Waals surface area contributed by atoms with Crippen molar-refractivity contribution in [3.63, 3.8) is 0 Å². The van der Waals surface area contributed by atoms with Crippen molar-refractivity contribution in [1.82, 2.24) is 0 Å². The average molecular weight is 214 g/mol. The van der Waals surface area contributed by atoms with Gasteiger partial charge in [0.2, 0.25) is 0 Å². The van der Waals surface area contributed by atoms with Gasteiger partial charge in [-0.2, -0.15) is 0 Å². The van der Waals surface area contributed by atoms with Gasteiger partial charge in [0.05, 0.1) is 0 Å². The lowest BCUT2D eigenvalue weighted by molar-refractivity contribution is 0.274. The first-order chi connectivity index (χ1) is 7.86. The average Bonchev–Trinajstić information content (AvgIpc) is 2.35. The molecular weight excluding hydrogens is 196 g/mol. The van der Waals surface area contributed by atoms with Crippen molar-refractivity contribution in [2.45, 2.75) is 25.7 Å². The molecule has 1 heteroatoms. The van der Waals surface area contributed by atoms with Crippen molar-refractivity contribution in [2.75, 3.05) is 6.61 Å². The summed E-state index contributed by atoms with van der Waals surface area (Å²) in [6.45, 7) is 2.45. The molecule has 0 aromatic heterocycles. The summed E-state index contributed by atoms with van der Waals surface area (Å²) in [5, 5.41) is 11.7. The zero-order valence-electron chi connectivity index (χ0n) is 9.69. The van der Waals surface area contributed by atoms with Gasteiger partial charge in [-0.05, 0) is 35.1 Å². The highest BCUT2D eigenvalue weighted by atomic mass is 16.3. The van der Waals surface area contributed by atoms with Gasteiger partial charge in [-0.3, -0.25) is 0 Å². The van der Waals surface area contributed by atoms with E-state index >= 15 is 0 Å². The molecule has 0 aliphatic heterocycles. The summed E-state index contributed by atoms with van der Waals surface area (Å²) in [5.41, 5.74) is 1.37. The van der Waals surface area contributed by atoms with Crippen LogP contribution in [-0.2, 0) is 0 Å². The van der Waals surface area contributed by atoms with E-state index in [0.29, 0.717) is 5.92 Å². The van der Waals surface area contributed by atoms with E-state index in [4.69, 9.17) is 5.11 Å². The van der Waals surface area contributed by atoms with Crippen LogP contribution >= 0.6 is 0 Å². The first-order valence-electron chi connectivity index (χ1n) is 5.95. The Morgan fingerprint density at radius 1 is 1.06 bits per heavy atom. The highest BCUT2D eigenvalue weighted by Gasteiger charge is 2.11. The zero-order chi connectivity index (χ0) is 11.4. The monoisotopic (exact) mass is 214 g/mol. The summed E-state index contributed by atoms with van der Waals surface area (Å²) >= 11 is 0. The molecule has 0 aliphatic rings. The van der Waals surface area contributed by atoms with Gasteiger partial charge in [0.1, 0.15) is 0 Å². The van der Waals surface area contributed by atoms with Crippen LogP contribution in [0.4, 0.5) is 0 Å². The standard InChI is InChI=1S/C15H18O/c1-2-12(10-11-16)14-9-5-7-13-6-3-4-8-15(13)14/h3-9,12,16H,2,10-11H2,1H3. The normalized spacial score (nSPS) is 12.9. The van der Waals surface area contributed by atoms with Crippen LogP contribution in [0.1, 0.15) is 31.2 Å². The van der Waals surface area contributed by atoms with Gasteiger partial charge >= 0.3 is 0 Å². The van der Waals surface area contributed by atoms with Crippen molar-refractivity contribution in [3.8, 4) is 0 Å². The van der Waals surface area contributed by atoms with Gasteiger partial charge in [0.15, 0.2) is 0 Å². The Morgan fingerprint density at radius 2 is 1.81 bits per heavy atom. The van der Waals surface area contributed by atoms with Gasteiger partial charge in [-0.15, -0.1) is 0 Å². The maximum atomic E-state index is 9.10. The lowest BCUT2D eigenvalue weighted by Crippen LogP contribution is -2.01. The SMILES string of the molecule is CCC(CCO)c1cccc2ccccc12. The van der Waals surface area contributed by atoms with Crippen LogP contribution in [-0.4, -0.2) is 11.7 Å². The first kappa shape index (κ1) is 11.2. The maximum Gasteiger partial charge on any atom is 0.0436 e. The molecule has 0 fully saturated rings. The fourth-order valence-electron chi connectivity index (χ4n) is 2.34. The molecule has 0 saturated heterocycles. The third-order valence-electron chi connectivity index (χ3n) is 3.23. The van der Waals surface area contributed by atoms with Crippen molar-refractivity contribution >= 4 is 10.8 Å². The minimum Gasteiger partial charge on any atom is -0.396 e. The second-order valence-electron chi connectivity index (χ2n) is 4.19. The van der Waals surface area contributed by atoms with E-state index in [1.54, 1.807) is 0 Å². The molecule has 1 unspecified atom stereocenters. The second kappa shape index (κ2) is 5.13. The molecule has 0 spiro atoms. The molecule has 0 radical (unpaired) electrons. The summed E-state index contributed by atoms with van der Waals surface area (Å²) in [7, 11) is 0. The van der Waals surface area contributed by atoms with Crippen molar-refractivity contribution in [2.24, 2.45) is 0 Å². The molecule has 0 bridgehead atoms. The topological polar surface area (TPSA) is 20.2 Å². The summed E-state index contributed by atoms with van der Waals surface area (Å²) in [4.78, 5) is 0. The molecule has 2 aromatic rings. The summed E-state index contributed by atoms with van der Waals surface area (Å²) < 4.78 is 0.